The van der Waals surface area contributed by atoms with Crippen molar-refractivity contribution in [2.75, 3.05) is 13.1 Å². The Morgan fingerprint density at radius 1 is 0.906 bits per heavy atom. The Hall–Kier alpha value is -2.69. The van der Waals surface area contributed by atoms with E-state index in [-0.39, 0.29) is 5.91 Å². The average Bonchev–Trinajstić information content (AvgIpc) is 2.97. The van der Waals surface area contributed by atoms with Crippen LogP contribution in [0.1, 0.15) is 40.8 Å². The molecule has 162 valence electrons. The van der Waals surface area contributed by atoms with Crippen LogP contribution in [0.3, 0.4) is 0 Å². The van der Waals surface area contributed by atoms with Crippen LogP contribution in [0.15, 0.2) is 60.6 Å². The molecule has 6 heteroatoms. The van der Waals surface area contributed by atoms with Crippen molar-refractivity contribution in [1.29, 1.82) is 0 Å². The summed E-state index contributed by atoms with van der Waals surface area (Å²) in [6.45, 7) is 1.42. The second kappa shape index (κ2) is 9.05. The molecule has 1 aromatic carbocycles. The Kier molecular flexibility index (Phi) is 5.99. The second-order valence-electron chi connectivity index (χ2n) is 8.33. The molecule has 1 aliphatic carbocycles. The number of likely N-dealkylation sites (tertiary alicyclic amines) is 1. The molecule has 4 nitrogen and oxygen atoms in total. The Bertz CT molecular complexity index is 1200. The lowest BCUT2D eigenvalue weighted by Crippen LogP contribution is -2.37. The van der Waals surface area contributed by atoms with Gasteiger partial charge in [-0.3, -0.25) is 14.8 Å². The van der Waals surface area contributed by atoms with Gasteiger partial charge in [0.25, 0.3) is 0 Å². The van der Waals surface area contributed by atoms with Crippen molar-refractivity contribution in [2.24, 2.45) is 0 Å². The number of aromatic nitrogens is 2. The minimum absolute atomic E-state index is 0.162. The third-order valence-corrected chi connectivity index (χ3v) is 7.11. The number of amides is 1. The summed E-state index contributed by atoms with van der Waals surface area (Å²) in [5.41, 5.74) is 8.12. The standard InChI is InChI=1S/C26H23Cl2N3O/c27-22-15-20-4-3-19-2-1-9-30-26(19)25(21(20)16-23(22)28)18-7-12-31(13-8-18)24(32)14-17-5-10-29-11-6-17/h1-2,5-6,9-11,15-16H,3-4,7-8,12-14H2. The van der Waals surface area contributed by atoms with Crippen LogP contribution < -0.4 is 0 Å². The molecule has 1 fully saturated rings. The van der Waals surface area contributed by atoms with Crippen molar-refractivity contribution in [3.8, 4) is 0 Å². The van der Waals surface area contributed by atoms with Crippen molar-refractivity contribution in [1.82, 2.24) is 14.9 Å². The fourth-order valence-electron chi connectivity index (χ4n) is 4.71. The maximum atomic E-state index is 12.8. The van der Waals surface area contributed by atoms with Gasteiger partial charge in [-0.05, 0) is 78.3 Å². The number of nitrogens with zero attached hydrogens (tertiary/aromatic N) is 3. The quantitative estimate of drug-likeness (QED) is 0.500. The number of benzene rings is 1. The summed E-state index contributed by atoms with van der Waals surface area (Å²) in [4.78, 5) is 23.6. The molecule has 0 atom stereocenters. The van der Waals surface area contributed by atoms with Gasteiger partial charge in [0, 0.05) is 37.3 Å². The Morgan fingerprint density at radius 3 is 2.41 bits per heavy atom. The molecule has 5 rings (SSSR count). The first-order chi connectivity index (χ1) is 15.6. The van der Waals surface area contributed by atoms with Crippen molar-refractivity contribution in [2.45, 2.75) is 32.1 Å². The van der Waals surface area contributed by atoms with E-state index in [0.717, 1.165) is 42.5 Å². The van der Waals surface area contributed by atoms with Crippen LogP contribution in [0.4, 0.5) is 0 Å². The zero-order valence-corrected chi connectivity index (χ0v) is 19.2. The van der Waals surface area contributed by atoms with Crippen LogP contribution >= 0.6 is 23.2 Å². The van der Waals surface area contributed by atoms with Crippen molar-refractivity contribution in [3.63, 3.8) is 0 Å². The van der Waals surface area contributed by atoms with Gasteiger partial charge < -0.3 is 4.90 Å². The maximum Gasteiger partial charge on any atom is 0.227 e. The summed E-state index contributed by atoms with van der Waals surface area (Å²) in [6.07, 6.45) is 9.20. The van der Waals surface area contributed by atoms with Gasteiger partial charge in [-0.2, -0.15) is 0 Å². The zero-order chi connectivity index (χ0) is 22.1. The molecule has 1 amide bonds. The van der Waals surface area contributed by atoms with E-state index >= 15 is 0 Å². The molecule has 0 bridgehead atoms. The molecule has 2 aliphatic rings. The second-order valence-corrected chi connectivity index (χ2v) is 9.14. The first-order valence-corrected chi connectivity index (χ1v) is 11.7. The lowest BCUT2D eigenvalue weighted by Gasteiger charge is -2.30. The van der Waals surface area contributed by atoms with Gasteiger partial charge in [0.1, 0.15) is 0 Å². The predicted molar refractivity (Wildman–Crippen MR) is 128 cm³/mol. The largest absolute Gasteiger partial charge is 0.342 e. The molecule has 0 spiro atoms. The number of rotatable bonds is 2. The van der Waals surface area contributed by atoms with E-state index in [9.17, 15) is 4.79 Å². The number of carbonyl (C=O) groups excluding carboxylic acids is 1. The molecule has 0 radical (unpaired) electrons. The average molecular weight is 464 g/mol. The smallest absolute Gasteiger partial charge is 0.227 e. The number of aryl methyl sites for hydroxylation is 2. The number of piperidine rings is 1. The Balaban J connectivity index is 1.47. The van der Waals surface area contributed by atoms with Gasteiger partial charge in [0.15, 0.2) is 0 Å². The summed E-state index contributed by atoms with van der Waals surface area (Å²) >= 11 is 12.8. The normalized spacial score (nSPS) is 15.8. The van der Waals surface area contributed by atoms with Gasteiger partial charge in [0.2, 0.25) is 5.91 Å². The van der Waals surface area contributed by atoms with Gasteiger partial charge in [-0.25, -0.2) is 0 Å². The van der Waals surface area contributed by atoms with E-state index < -0.39 is 0 Å². The summed E-state index contributed by atoms with van der Waals surface area (Å²) in [5, 5.41) is 1.15. The number of hydrogen-bond acceptors (Lipinski definition) is 3. The number of fused-ring (bicyclic) bond motifs is 2. The van der Waals surface area contributed by atoms with Crippen LogP contribution in [0.5, 0.6) is 0 Å². The highest BCUT2D eigenvalue weighted by Crippen LogP contribution is 2.40. The van der Waals surface area contributed by atoms with E-state index in [0.29, 0.717) is 29.6 Å². The highest BCUT2D eigenvalue weighted by Gasteiger charge is 2.27. The molecule has 2 aromatic heterocycles. The summed E-state index contributed by atoms with van der Waals surface area (Å²) in [7, 11) is 0. The first kappa shape index (κ1) is 21.2. The van der Waals surface area contributed by atoms with Gasteiger partial charge in [-0.1, -0.05) is 34.8 Å². The van der Waals surface area contributed by atoms with E-state index in [1.54, 1.807) is 12.4 Å². The van der Waals surface area contributed by atoms with E-state index in [2.05, 4.69) is 11.1 Å². The summed E-state index contributed by atoms with van der Waals surface area (Å²) in [6, 6.07) is 11.9. The Morgan fingerprint density at radius 2 is 1.62 bits per heavy atom. The van der Waals surface area contributed by atoms with E-state index in [1.165, 1.54) is 22.3 Å². The SMILES string of the molecule is O=C(Cc1ccncc1)N1CCC(=C2c3cc(Cl)c(Cl)cc3CCc3cccnc32)CC1. The monoisotopic (exact) mass is 463 g/mol. The molecule has 1 saturated heterocycles. The summed E-state index contributed by atoms with van der Waals surface area (Å²) in [5.74, 6) is 0.162. The van der Waals surface area contributed by atoms with Crippen molar-refractivity contribution >= 4 is 34.7 Å². The maximum absolute atomic E-state index is 12.8. The minimum Gasteiger partial charge on any atom is -0.342 e. The van der Waals surface area contributed by atoms with Crippen LogP contribution in [-0.2, 0) is 24.1 Å². The van der Waals surface area contributed by atoms with Crippen LogP contribution in [0.2, 0.25) is 10.0 Å². The van der Waals surface area contributed by atoms with Gasteiger partial charge >= 0.3 is 0 Å². The number of pyridine rings is 2. The molecular formula is C26H23Cl2N3O. The summed E-state index contributed by atoms with van der Waals surface area (Å²) < 4.78 is 0. The Labute approximate surface area is 197 Å². The number of carbonyl (C=O) groups is 1. The van der Waals surface area contributed by atoms with Crippen LogP contribution in [0.25, 0.3) is 5.57 Å². The third-order valence-electron chi connectivity index (χ3n) is 6.39. The van der Waals surface area contributed by atoms with Gasteiger partial charge in [-0.15, -0.1) is 0 Å². The van der Waals surface area contributed by atoms with E-state index in [4.69, 9.17) is 28.2 Å². The fraction of sp³-hybridized carbons (Fsp3) is 0.269. The topological polar surface area (TPSA) is 46.1 Å². The molecule has 32 heavy (non-hydrogen) atoms. The van der Waals surface area contributed by atoms with E-state index in [1.807, 2.05) is 41.4 Å². The zero-order valence-electron chi connectivity index (χ0n) is 17.7. The molecule has 1 aliphatic heterocycles. The number of halogens is 2. The molecule has 3 aromatic rings. The predicted octanol–water partition coefficient (Wildman–Crippen LogP) is 5.55. The lowest BCUT2D eigenvalue weighted by molar-refractivity contribution is -0.130. The van der Waals surface area contributed by atoms with Crippen LogP contribution in [-0.4, -0.2) is 33.9 Å². The first-order valence-electron chi connectivity index (χ1n) is 10.9. The number of hydrogen-bond donors (Lipinski definition) is 0. The minimum atomic E-state index is 0.162. The van der Waals surface area contributed by atoms with Crippen molar-refractivity contribution in [3.05, 3.63) is 98.6 Å². The lowest BCUT2D eigenvalue weighted by atomic mass is 9.88. The molecule has 0 N–H and O–H groups in total. The third kappa shape index (κ3) is 4.17. The molecule has 0 unspecified atom stereocenters. The highest BCUT2D eigenvalue weighted by atomic mass is 35.5. The van der Waals surface area contributed by atoms with Crippen molar-refractivity contribution < 1.29 is 4.79 Å². The molecule has 3 heterocycles. The van der Waals surface area contributed by atoms with Gasteiger partial charge in [0.05, 0.1) is 22.2 Å². The van der Waals surface area contributed by atoms with Crippen LogP contribution in [0, 0.1) is 0 Å². The molecular weight excluding hydrogens is 441 g/mol. The molecule has 0 saturated carbocycles. The highest BCUT2D eigenvalue weighted by molar-refractivity contribution is 6.42. The fourth-order valence-corrected chi connectivity index (χ4v) is 5.06.